The van der Waals surface area contributed by atoms with E-state index in [1.54, 1.807) is 12.2 Å². The van der Waals surface area contributed by atoms with Gasteiger partial charge in [0.05, 0.1) is 41.3 Å². The molecule has 1 atom stereocenters. The van der Waals surface area contributed by atoms with E-state index in [1.807, 2.05) is 6.07 Å². The standard InChI is InChI=1S/C14H14N6O/c15-4-8-11(6-21)20-14(19)9(5-16)12(8)7-2-1-3-10(17)13(7)18/h1-3,5,12,17-18,21H,6,16H2,(H2,19,20)/b9-5-,17-10?,18-13?. The first-order valence-corrected chi connectivity index (χ1v) is 6.11. The molecule has 7 nitrogen and oxygen atoms in total. The Morgan fingerprint density at radius 1 is 1.48 bits per heavy atom. The first-order valence-electron chi connectivity index (χ1n) is 6.11. The first-order chi connectivity index (χ1) is 10.0. The topological polar surface area (TPSA) is 156 Å². The van der Waals surface area contributed by atoms with Crippen LogP contribution in [0.15, 0.2) is 51.8 Å². The van der Waals surface area contributed by atoms with E-state index < -0.39 is 12.5 Å². The Labute approximate surface area is 121 Å². The van der Waals surface area contributed by atoms with Crippen LogP contribution in [0.5, 0.6) is 0 Å². The molecule has 0 aromatic carbocycles. The van der Waals surface area contributed by atoms with Crippen molar-refractivity contribution in [2.45, 2.75) is 0 Å². The van der Waals surface area contributed by atoms with Gasteiger partial charge in [-0.15, -0.1) is 0 Å². The number of amidine groups is 1. The van der Waals surface area contributed by atoms with Gasteiger partial charge in [0.2, 0.25) is 0 Å². The molecule has 0 radical (unpaired) electrons. The maximum atomic E-state index is 9.38. The summed E-state index contributed by atoms with van der Waals surface area (Å²) in [5.41, 5.74) is 12.6. The van der Waals surface area contributed by atoms with Gasteiger partial charge in [0, 0.05) is 11.8 Å². The van der Waals surface area contributed by atoms with Crippen LogP contribution in [-0.4, -0.2) is 29.0 Å². The van der Waals surface area contributed by atoms with Crippen LogP contribution < -0.4 is 11.5 Å². The molecular formula is C14H14N6O. The van der Waals surface area contributed by atoms with Gasteiger partial charge in [-0.25, -0.2) is 4.99 Å². The maximum absolute atomic E-state index is 9.38. The van der Waals surface area contributed by atoms with Gasteiger partial charge in [0.1, 0.15) is 5.84 Å². The Balaban J connectivity index is 2.67. The van der Waals surface area contributed by atoms with E-state index in [9.17, 15) is 10.4 Å². The van der Waals surface area contributed by atoms with Crippen LogP contribution >= 0.6 is 0 Å². The van der Waals surface area contributed by atoms with Gasteiger partial charge in [0.25, 0.3) is 0 Å². The van der Waals surface area contributed by atoms with Gasteiger partial charge in [-0.05, 0) is 11.6 Å². The number of rotatable bonds is 2. The maximum Gasteiger partial charge on any atom is 0.129 e. The van der Waals surface area contributed by atoms with E-state index in [4.69, 9.17) is 22.3 Å². The molecule has 7 heteroatoms. The summed E-state index contributed by atoms with van der Waals surface area (Å²) in [6.07, 6.45) is 5.99. The lowest BCUT2D eigenvalue weighted by atomic mass is 9.77. The minimum absolute atomic E-state index is 0.0124. The molecule has 0 saturated heterocycles. The van der Waals surface area contributed by atoms with Crippen molar-refractivity contribution in [3.05, 3.63) is 46.8 Å². The summed E-state index contributed by atoms with van der Waals surface area (Å²) in [5.74, 6) is -0.599. The lowest BCUT2D eigenvalue weighted by molar-refractivity contribution is 0.328. The van der Waals surface area contributed by atoms with Crippen LogP contribution in [0.4, 0.5) is 0 Å². The molecule has 0 spiro atoms. The molecular weight excluding hydrogens is 268 g/mol. The number of aliphatic hydroxyl groups excluding tert-OH is 1. The highest BCUT2D eigenvalue weighted by atomic mass is 16.3. The van der Waals surface area contributed by atoms with Crippen molar-refractivity contribution in [3.63, 3.8) is 0 Å². The third kappa shape index (κ3) is 2.28. The molecule has 7 N–H and O–H groups in total. The Morgan fingerprint density at radius 3 is 2.76 bits per heavy atom. The van der Waals surface area contributed by atoms with E-state index in [0.29, 0.717) is 11.1 Å². The molecule has 1 aliphatic carbocycles. The van der Waals surface area contributed by atoms with Crippen molar-refractivity contribution < 1.29 is 5.11 Å². The van der Waals surface area contributed by atoms with E-state index in [2.05, 4.69) is 4.99 Å². The smallest absolute Gasteiger partial charge is 0.129 e. The predicted octanol–water partition coefficient (Wildman–Crippen LogP) is 0.122. The summed E-state index contributed by atoms with van der Waals surface area (Å²) in [6, 6.07) is 2.00. The van der Waals surface area contributed by atoms with Crippen molar-refractivity contribution in [2.75, 3.05) is 6.61 Å². The largest absolute Gasteiger partial charge is 0.404 e. The Bertz CT molecular complexity index is 714. The monoisotopic (exact) mass is 282 g/mol. The average molecular weight is 282 g/mol. The minimum Gasteiger partial charge on any atom is -0.404 e. The normalized spacial score (nSPS) is 24.0. The Morgan fingerprint density at radius 2 is 2.19 bits per heavy atom. The summed E-state index contributed by atoms with van der Waals surface area (Å²) >= 11 is 0. The number of nitriles is 1. The lowest BCUT2D eigenvalue weighted by Crippen LogP contribution is -2.33. The quantitative estimate of drug-likeness (QED) is 0.456. The summed E-state index contributed by atoms with van der Waals surface area (Å²) in [7, 11) is 0. The van der Waals surface area contributed by atoms with Crippen molar-refractivity contribution in [3.8, 4) is 6.07 Å². The fourth-order valence-electron chi connectivity index (χ4n) is 2.31. The van der Waals surface area contributed by atoms with Crippen LogP contribution in [0.25, 0.3) is 0 Å². The van der Waals surface area contributed by atoms with E-state index in [1.165, 1.54) is 12.3 Å². The summed E-state index contributed by atoms with van der Waals surface area (Å²) in [5, 5.41) is 34.5. The molecule has 0 aromatic rings. The van der Waals surface area contributed by atoms with Crippen LogP contribution in [0.2, 0.25) is 0 Å². The third-order valence-electron chi connectivity index (χ3n) is 3.32. The number of nitrogens with two attached hydrogens (primary N) is 2. The van der Waals surface area contributed by atoms with Gasteiger partial charge in [0.15, 0.2) is 0 Å². The van der Waals surface area contributed by atoms with Crippen LogP contribution in [0.3, 0.4) is 0 Å². The molecule has 106 valence electrons. The van der Waals surface area contributed by atoms with Crippen LogP contribution in [0, 0.1) is 28.1 Å². The molecule has 0 bridgehead atoms. The van der Waals surface area contributed by atoms with E-state index >= 15 is 0 Å². The highest BCUT2D eigenvalue weighted by Gasteiger charge is 2.34. The Hall–Kier alpha value is -2.98. The number of nitrogens with one attached hydrogen (secondary N) is 2. The van der Waals surface area contributed by atoms with Crippen molar-refractivity contribution in [1.29, 1.82) is 16.1 Å². The zero-order valence-electron chi connectivity index (χ0n) is 11.1. The van der Waals surface area contributed by atoms with Crippen LogP contribution in [0.1, 0.15) is 0 Å². The molecule has 1 heterocycles. The third-order valence-corrected chi connectivity index (χ3v) is 3.32. The molecule has 2 rings (SSSR count). The molecule has 21 heavy (non-hydrogen) atoms. The highest BCUT2D eigenvalue weighted by molar-refractivity contribution is 6.51. The SMILES string of the molecule is N#CC1=C(CO)N=C(N)/C(=C\N)C1C1=CC=CC(=N)C1=N. The molecule has 1 aliphatic heterocycles. The predicted molar refractivity (Wildman–Crippen MR) is 79.8 cm³/mol. The fraction of sp³-hybridized carbons (Fsp3) is 0.143. The molecule has 0 fully saturated rings. The second-order valence-electron chi connectivity index (χ2n) is 4.45. The summed E-state index contributed by atoms with van der Waals surface area (Å²) in [4.78, 5) is 3.98. The van der Waals surface area contributed by atoms with Gasteiger partial charge in [-0.1, -0.05) is 12.2 Å². The number of allylic oxidation sites excluding steroid dienone is 5. The van der Waals surface area contributed by atoms with Crippen molar-refractivity contribution in [2.24, 2.45) is 22.4 Å². The molecule has 2 aliphatic rings. The minimum atomic E-state index is -0.697. The number of aliphatic imine (C=N–C) groups is 1. The van der Waals surface area contributed by atoms with Crippen LogP contribution in [-0.2, 0) is 0 Å². The molecule has 1 unspecified atom stereocenters. The molecule has 0 amide bonds. The molecule has 0 saturated carbocycles. The fourth-order valence-corrected chi connectivity index (χ4v) is 2.31. The second-order valence-corrected chi connectivity index (χ2v) is 4.45. The van der Waals surface area contributed by atoms with Crippen molar-refractivity contribution >= 4 is 17.3 Å². The summed E-state index contributed by atoms with van der Waals surface area (Å²) in [6.45, 7) is -0.439. The average Bonchev–Trinajstić information content (AvgIpc) is 2.49. The zero-order chi connectivity index (χ0) is 15.6. The number of hydrogen-bond donors (Lipinski definition) is 5. The summed E-state index contributed by atoms with van der Waals surface area (Å²) < 4.78 is 0. The second kappa shape index (κ2) is 5.56. The van der Waals surface area contributed by atoms with Gasteiger partial charge in [-0.3, -0.25) is 10.8 Å². The van der Waals surface area contributed by atoms with Gasteiger partial charge in [-0.2, -0.15) is 5.26 Å². The highest BCUT2D eigenvalue weighted by Crippen LogP contribution is 2.35. The van der Waals surface area contributed by atoms with Crippen molar-refractivity contribution in [1.82, 2.24) is 0 Å². The number of nitrogens with zero attached hydrogens (tertiary/aromatic N) is 2. The Kier molecular flexibility index (Phi) is 3.82. The van der Waals surface area contributed by atoms with E-state index in [0.717, 1.165) is 0 Å². The number of aliphatic hydroxyl groups is 1. The molecule has 0 aromatic heterocycles. The van der Waals surface area contributed by atoms with E-state index in [-0.39, 0.29) is 28.5 Å². The zero-order valence-corrected chi connectivity index (χ0v) is 11.1. The lowest BCUT2D eigenvalue weighted by Gasteiger charge is -2.28. The van der Waals surface area contributed by atoms with Gasteiger partial charge < -0.3 is 16.6 Å². The first kappa shape index (κ1) is 14.4. The number of hydrogen-bond acceptors (Lipinski definition) is 7. The van der Waals surface area contributed by atoms with Gasteiger partial charge >= 0.3 is 0 Å².